The van der Waals surface area contributed by atoms with Crippen LogP contribution in [0, 0.1) is 13.7 Å². The van der Waals surface area contributed by atoms with Crippen LogP contribution in [0.2, 0.25) is 5.02 Å². The van der Waals surface area contributed by atoms with Crippen molar-refractivity contribution in [3.05, 3.63) is 96.1 Å². The van der Waals surface area contributed by atoms with Crippen LogP contribution in [0.5, 0.6) is 11.5 Å². The van der Waals surface area contributed by atoms with Gasteiger partial charge in [-0.1, -0.05) is 23.7 Å². The van der Waals surface area contributed by atoms with E-state index in [1.807, 2.05) is 22.6 Å². The number of nitrogens with zero attached hydrogens (tertiary/aromatic N) is 2. The fourth-order valence-electron chi connectivity index (χ4n) is 3.62. The minimum atomic E-state index is -0.898. The number of rotatable bonds is 8. The molecule has 0 aliphatic carbocycles. The van der Waals surface area contributed by atoms with Gasteiger partial charge in [-0.3, -0.25) is 25.0 Å². The van der Waals surface area contributed by atoms with Gasteiger partial charge in [0.15, 0.2) is 11.5 Å². The van der Waals surface area contributed by atoms with E-state index < -0.39 is 22.8 Å². The van der Waals surface area contributed by atoms with Crippen LogP contribution in [0.15, 0.2) is 66.2 Å². The van der Waals surface area contributed by atoms with Crippen molar-refractivity contribution >= 4 is 69.5 Å². The van der Waals surface area contributed by atoms with Gasteiger partial charge in [0, 0.05) is 12.1 Å². The second-order valence-electron chi connectivity index (χ2n) is 7.88. The number of hydrogen-bond acceptors (Lipinski definition) is 7. The number of carbonyl (C=O) groups excluding carboxylic acids is 3. The quantitative estimate of drug-likeness (QED) is 0.113. The van der Waals surface area contributed by atoms with Crippen molar-refractivity contribution in [2.75, 3.05) is 11.5 Å². The number of halogens is 2. The third-order valence-electron chi connectivity index (χ3n) is 5.37. The molecule has 38 heavy (non-hydrogen) atoms. The molecule has 0 saturated carbocycles. The van der Waals surface area contributed by atoms with Crippen LogP contribution in [0.4, 0.5) is 16.2 Å². The van der Waals surface area contributed by atoms with Crippen molar-refractivity contribution in [3.8, 4) is 11.5 Å². The van der Waals surface area contributed by atoms with E-state index in [1.54, 1.807) is 43.3 Å². The third kappa shape index (κ3) is 5.78. The number of benzene rings is 3. The molecular weight excluding hydrogens is 629 g/mol. The molecule has 1 fully saturated rings. The van der Waals surface area contributed by atoms with E-state index in [1.165, 1.54) is 30.3 Å². The molecule has 12 heteroatoms. The minimum absolute atomic E-state index is 0.0215. The van der Waals surface area contributed by atoms with E-state index in [0.29, 0.717) is 32.8 Å². The van der Waals surface area contributed by atoms with Gasteiger partial charge in [0.2, 0.25) is 0 Å². The Kier molecular flexibility index (Phi) is 8.27. The third-order valence-corrected chi connectivity index (χ3v) is 6.49. The summed E-state index contributed by atoms with van der Waals surface area (Å²) in [6.07, 6.45) is 1.36. The summed E-state index contributed by atoms with van der Waals surface area (Å²) in [6, 6.07) is 14.7. The number of barbiturate groups is 1. The van der Waals surface area contributed by atoms with E-state index >= 15 is 0 Å². The summed E-state index contributed by atoms with van der Waals surface area (Å²) in [7, 11) is 0. The maximum atomic E-state index is 13.2. The number of anilines is 1. The first kappa shape index (κ1) is 27.1. The minimum Gasteiger partial charge on any atom is -0.490 e. The molecule has 4 rings (SSSR count). The number of nitro groups is 1. The average Bonchev–Trinajstić information content (AvgIpc) is 2.87. The van der Waals surface area contributed by atoms with E-state index in [0.717, 1.165) is 4.90 Å². The molecule has 0 aromatic heterocycles. The number of ether oxygens (including phenoxy) is 2. The molecule has 4 amide bonds. The summed E-state index contributed by atoms with van der Waals surface area (Å²) >= 11 is 8.22. The largest absolute Gasteiger partial charge is 0.490 e. The molecular formula is C26H19ClIN3O7. The Labute approximate surface area is 235 Å². The summed E-state index contributed by atoms with van der Waals surface area (Å²) in [4.78, 5) is 49.5. The van der Waals surface area contributed by atoms with Crippen molar-refractivity contribution in [1.29, 1.82) is 0 Å². The standard InChI is InChI=1S/C26H19ClIN3O7/c1-2-37-22-13-16(12-20(28)23(22)38-14-15-7-9-17(10-8-15)31(35)36)11-18-24(32)29-26(34)30(25(18)33)21-6-4-3-5-19(21)27/h3-13H,2,14H2,1H3,(H,29,32,34)/b18-11+. The van der Waals surface area contributed by atoms with Gasteiger partial charge in [-0.25, -0.2) is 9.69 Å². The number of hydrogen-bond donors (Lipinski definition) is 1. The summed E-state index contributed by atoms with van der Waals surface area (Å²) in [5.74, 6) is -0.857. The number of non-ortho nitro benzene ring substituents is 1. The molecule has 0 unspecified atom stereocenters. The van der Waals surface area contributed by atoms with Gasteiger partial charge in [0.05, 0.1) is 25.8 Å². The predicted molar refractivity (Wildman–Crippen MR) is 148 cm³/mol. The van der Waals surface area contributed by atoms with Gasteiger partial charge in [0.25, 0.3) is 17.5 Å². The average molecular weight is 648 g/mol. The fraction of sp³-hybridized carbons (Fsp3) is 0.115. The molecule has 1 saturated heterocycles. The van der Waals surface area contributed by atoms with Gasteiger partial charge in [-0.15, -0.1) is 0 Å². The molecule has 1 heterocycles. The molecule has 1 aliphatic rings. The van der Waals surface area contributed by atoms with Crippen molar-refractivity contribution < 1.29 is 28.8 Å². The highest BCUT2D eigenvalue weighted by Gasteiger charge is 2.37. The molecule has 3 aromatic carbocycles. The van der Waals surface area contributed by atoms with Crippen molar-refractivity contribution in [1.82, 2.24) is 5.32 Å². The van der Waals surface area contributed by atoms with Crippen LogP contribution in [-0.2, 0) is 16.2 Å². The van der Waals surface area contributed by atoms with E-state index in [9.17, 15) is 24.5 Å². The maximum absolute atomic E-state index is 13.2. The molecule has 0 spiro atoms. The highest BCUT2D eigenvalue weighted by molar-refractivity contribution is 14.1. The number of imide groups is 2. The Bertz CT molecular complexity index is 1470. The molecule has 1 aliphatic heterocycles. The van der Waals surface area contributed by atoms with E-state index in [-0.39, 0.29) is 28.6 Å². The lowest BCUT2D eigenvalue weighted by molar-refractivity contribution is -0.384. The summed E-state index contributed by atoms with van der Waals surface area (Å²) < 4.78 is 12.3. The lowest BCUT2D eigenvalue weighted by atomic mass is 10.1. The van der Waals surface area contributed by atoms with Crippen LogP contribution in [0.25, 0.3) is 6.08 Å². The van der Waals surface area contributed by atoms with Gasteiger partial charge in [-0.2, -0.15) is 0 Å². The Morgan fingerprint density at radius 1 is 1.08 bits per heavy atom. The van der Waals surface area contributed by atoms with E-state index in [4.69, 9.17) is 21.1 Å². The first-order chi connectivity index (χ1) is 18.2. The molecule has 1 N–H and O–H groups in total. The smallest absolute Gasteiger partial charge is 0.335 e. The van der Waals surface area contributed by atoms with Crippen molar-refractivity contribution in [2.45, 2.75) is 13.5 Å². The first-order valence-corrected chi connectivity index (χ1v) is 12.6. The topological polar surface area (TPSA) is 128 Å². The second-order valence-corrected chi connectivity index (χ2v) is 9.45. The Hall–Kier alpha value is -3.97. The van der Waals surface area contributed by atoms with Gasteiger partial charge in [-0.05, 0) is 83.1 Å². The summed E-state index contributed by atoms with van der Waals surface area (Å²) in [6.45, 7) is 2.24. The zero-order valence-electron chi connectivity index (χ0n) is 19.8. The maximum Gasteiger partial charge on any atom is 0.335 e. The van der Waals surface area contributed by atoms with Gasteiger partial charge >= 0.3 is 6.03 Å². The highest BCUT2D eigenvalue weighted by Crippen LogP contribution is 2.36. The van der Waals surface area contributed by atoms with Gasteiger partial charge < -0.3 is 9.47 Å². The Morgan fingerprint density at radius 2 is 1.79 bits per heavy atom. The molecule has 3 aromatic rings. The highest BCUT2D eigenvalue weighted by atomic mass is 127. The number of para-hydroxylation sites is 1. The van der Waals surface area contributed by atoms with Crippen LogP contribution in [-0.4, -0.2) is 29.4 Å². The number of urea groups is 1. The zero-order chi connectivity index (χ0) is 27.4. The van der Waals surface area contributed by atoms with Crippen LogP contribution < -0.4 is 19.7 Å². The lowest BCUT2D eigenvalue weighted by Crippen LogP contribution is -2.54. The summed E-state index contributed by atoms with van der Waals surface area (Å²) in [5.41, 5.74) is 1.05. The molecule has 0 atom stereocenters. The van der Waals surface area contributed by atoms with Crippen molar-refractivity contribution in [2.24, 2.45) is 0 Å². The normalized spacial score (nSPS) is 14.4. The predicted octanol–water partition coefficient (Wildman–Crippen LogP) is 5.50. The van der Waals surface area contributed by atoms with Gasteiger partial charge in [0.1, 0.15) is 12.2 Å². The van der Waals surface area contributed by atoms with Crippen LogP contribution in [0.1, 0.15) is 18.1 Å². The summed E-state index contributed by atoms with van der Waals surface area (Å²) in [5, 5.41) is 13.2. The molecule has 0 radical (unpaired) electrons. The monoisotopic (exact) mass is 647 g/mol. The van der Waals surface area contributed by atoms with Crippen LogP contribution >= 0.6 is 34.2 Å². The Balaban J connectivity index is 1.64. The molecule has 0 bridgehead atoms. The molecule has 10 nitrogen and oxygen atoms in total. The number of carbonyl (C=O) groups is 3. The molecule has 194 valence electrons. The van der Waals surface area contributed by atoms with E-state index in [2.05, 4.69) is 5.32 Å². The lowest BCUT2D eigenvalue weighted by Gasteiger charge is -2.27. The first-order valence-electron chi connectivity index (χ1n) is 11.2. The Morgan fingerprint density at radius 3 is 2.45 bits per heavy atom. The fourth-order valence-corrected chi connectivity index (χ4v) is 4.62. The van der Waals surface area contributed by atoms with Crippen molar-refractivity contribution in [3.63, 3.8) is 0 Å². The second kappa shape index (κ2) is 11.6. The number of nitro benzene ring substituents is 1. The zero-order valence-corrected chi connectivity index (χ0v) is 22.7. The SMILES string of the molecule is CCOc1cc(/C=C2\C(=O)NC(=O)N(c3ccccc3Cl)C2=O)cc(I)c1OCc1ccc([N+](=O)[O-])cc1. The number of amides is 4. The van der Waals surface area contributed by atoms with Crippen LogP contribution in [0.3, 0.4) is 0 Å². The number of nitrogens with one attached hydrogen (secondary N) is 1.